The fraction of sp³-hybridized carbons (Fsp3) is 0.667. The van der Waals surface area contributed by atoms with Gasteiger partial charge in [0.1, 0.15) is 0 Å². The molecule has 0 aromatic rings. The van der Waals surface area contributed by atoms with Crippen molar-refractivity contribution in [1.29, 1.82) is 0 Å². The molecule has 0 fully saturated rings. The molecule has 0 aliphatic heterocycles. The topological polar surface area (TPSA) is 26.3 Å². The fourth-order valence-corrected chi connectivity index (χ4v) is 0.765. The predicted octanol–water partition coefficient (Wildman–Crippen LogP) is 1.80. The number of methoxy groups -OCH3 is 1. The molecule has 2 heteroatoms. The molecular formula is C9H16O2. The van der Waals surface area contributed by atoms with Crippen LogP contribution in [0.3, 0.4) is 0 Å². The number of ketones is 1. The minimum atomic E-state index is 0.0890. The van der Waals surface area contributed by atoms with E-state index in [4.69, 9.17) is 4.74 Å². The van der Waals surface area contributed by atoms with E-state index in [1.54, 1.807) is 19.3 Å². The molecule has 0 bridgehead atoms. The Morgan fingerprint density at radius 3 is 2.73 bits per heavy atom. The van der Waals surface area contributed by atoms with Gasteiger partial charge in [-0.15, -0.1) is 0 Å². The molecule has 0 rings (SSSR count). The van der Waals surface area contributed by atoms with Crippen LogP contribution in [0, 0.1) is 5.92 Å². The lowest BCUT2D eigenvalue weighted by atomic mass is 10.0. The molecule has 11 heavy (non-hydrogen) atoms. The maximum atomic E-state index is 11.1. The van der Waals surface area contributed by atoms with Gasteiger partial charge in [-0.05, 0) is 19.4 Å². The number of ether oxygens (including phenoxy) is 1. The van der Waals surface area contributed by atoms with Crippen molar-refractivity contribution in [3.8, 4) is 0 Å². The summed E-state index contributed by atoms with van der Waals surface area (Å²) >= 11 is 0. The van der Waals surface area contributed by atoms with Crippen LogP contribution in [0.1, 0.15) is 20.3 Å². The highest BCUT2D eigenvalue weighted by Crippen LogP contribution is 2.03. The number of hydrogen-bond donors (Lipinski definition) is 0. The molecule has 0 saturated heterocycles. The molecule has 0 saturated carbocycles. The smallest absolute Gasteiger partial charge is 0.158 e. The third-order valence-corrected chi connectivity index (χ3v) is 1.57. The summed E-state index contributed by atoms with van der Waals surface area (Å²) in [5.74, 6) is 0.274. The van der Waals surface area contributed by atoms with Crippen LogP contribution in [-0.4, -0.2) is 19.5 Å². The molecule has 2 nitrogen and oxygen atoms in total. The minimum absolute atomic E-state index is 0.0890. The average Bonchev–Trinajstić information content (AvgIpc) is 2.00. The van der Waals surface area contributed by atoms with Crippen LogP contribution >= 0.6 is 0 Å². The molecule has 0 heterocycles. The third kappa shape index (κ3) is 4.73. The Kier molecular flexibility index (Phi) is 5.75. The molecule has 0 N–H and O–H groups in total. The Balaban J connectivity index is 3.64. The largest absolute Gasteiger partial charge is 0.385 e. The first-order valence-electron chi connectivity index (χ1n) is 3.87. The zero-order valence-corrected chi connectivity index (χ0v) is 7.46. The summed E-state index contributed by atoms with van der Waals surface area (Å²) in [5, 5.41) is 0. The van der Waals surface area contributed by atoms with Gasteiger partial charge < -0.3 is 4.74 Å². The predicted molar refractivity (Wildman–Crippen MR) is 45.5 cm³/mol. The number of carbonyl (C=O) groups excluding carboxylic acids is 1. The molecule has 1 unspecified atom stereocenters. The molecule has 0 amide bonds. The Morgan fingerprint density at radius 1 is 1.64 bits per heavy atom. The van der Waals surface area contributed by atoms with E-state index < -0.39 is 0 Å². The van der Waals surface area contributed by atoms with Crippen molar-refractivity contribution in [1.82, 2.24) is 0 Å². The van der Waals surface area contributed by atoms with Crippen molar-refractivity contribution in [2.75, 3.05) is 13.7 Å². The van der Waals surface area contributed by atoms with Crippen molar-refractivity contribution in [3.63, 3.8) is 0 Å². The van der Waals surface area contributed by atoms with E-state index in [-0.39, 0.29) is 11.7 Å². The highest BCUT2D eigenvalue weighted by molar-refractivity contribution is 5.91. The lowest BCUT2D eigenvalue weighted by molar-refractivity contribution is -0.118. The number of hydrogen-bond acceptors (Lipinski definition) is 2. The monoisotopic (exact) mass is 156 g/mol. The number of allylic oxidation sites excluding steroid dienone is 2. The highest BCUT2D eigenvalue weighted by Gasteiger charge is 2.07. The summed E-state index contributed by atoms with van der Waals surface area (Å²) in [6.45, 7) is 4.42. The lowest BCUT2D eigenvalue weighted by Crippen LogP contribution is -2.10. The van der Waals surface area contributed by atoms with Gasteiger partial charge in [0, 0.05) is 19.6 Å². The van der Waals surface area contributed by atoms with E-state index in [0.29, 0.717) is 6.61 Å². The first-order valence-corrected chi connectivity index (χ1v) is 3.87. The first kappa shape index (κ1) is 10.4. The second-order valence-corrected chi connectivity index (χ2v) is 2.58. The Hall–Kier alpha value is -0.630. The summed E-state index contributed by atoms with van der Waals surface area (Å²) in [6.07, 6.45) is 4.19. The molecule has 0 aliphatic rings. The summed E-state index contributed by atoms with van der Waals surface area (Å²) in [6, 6.07) is 0. The van der Waals surface area contributed by atoms with Crippen LogP contribution in [0.5, 0.6) is 0 Å². The summed E-state index contributed by atoms with van der Waals surface area (Å²) in [7, 11) is 1.65. The van der Waals surface area contributed by atoms with Crippen molar-refractivity contribution in [2.45, 2.75) is 20.3 Å². The van der Waals surface area contributed by atoms with E-state index in [1.807, 2.05) is 13.8 Å². The van der Waals surface area contributed by atoms with E-state index >= 15 is 0 Å². The second-order valence-electron chi connectivity index (χ2n) is 2.58. The van der Waals surface area contributed by atoms with Gasteiger partial charge in [0.2, 0.25) is 0 Å². The van der Waals surface area contributed by atoms with Gasteiger partial charge in [-0.1, -0.05) is 13.0 Å². The molecular weight excluding hydrogens is 140 g/mol. The lowest BCUT2D eigenvalue weighted by Gasteiger charge is -2.05. The van der Waals surface area contributed by atoms with Gasteiger partial charge in [-0.3, -0.25) is 4.79 Å². The SMILES string of the molecule is C/C=C/C(=O)C(C)CCOC. The van der Waals surface area contributed by atoms with Crippen molar-refractivity contribution < 1.29 is 9.53 Å². The molecule has 0 aromatic carbocycles. The van der Waals surface area contributed by atoms with Crippen LogP contribution in [0.2, 0.25) is 0 Å². The third-order valence-electron chi connectivity index (χ3n) is 1.57. The van der Waals surface area contributed by atoms with E-state index in [1.165, 1.54) is 0 Å². The van der Waals surface area contributed by atoms with Gasteiger partial charge >= 0.3 is 0 Å². The van der Waals surface area contributed by atoms with Crippen LogP contribution in [0.25, 0.3) is 0 Å². The normalized spacial score (nSPS) is 13.7. The maximum absolute atomic E-state index is 11.1. The van der Waals surface area contributed by atoms with E-state index in [2.05, 4.69) is 0 Å². The van der Waals surface area contributed by atoms with Crippen LogP contribution in [0.4, 0.5) is 0 Å². The highest BCUT2D eigenvalue weighted by atomic mass is 16.5. The molecule has 0 radical (unpaired) electrons. The van der Waals surface area contributed by atoms with Gasteiger partial charge in [-0.25, -0.2) is 0 Å². The van der Waals surface area contributed by atoms with E-state index in [9.17, 15) is 4.79 Å². The van der Waals surface area contributed by atoms with Gasteiger partial charge in [-0.2, -0.15) is 0 Å². The first-order chi connectivity index (χ1) is 5.22. The standard InChI is InChI=1S/C9H16O2/c1-4-5-9(10)8(2)6-7-11-3/h4-5,8H,6-7H2,1-3H3/b5-4+. The van der Waals surface area contributed by atoms with Crippen LogP contribution < -0.4 is 0 Å². The second kappa shape index (κ2) is 6.10. The quantitative estimate of drug-likeness (QED) is 0.567. The summed E-state index contributed by atoms with van der Waals surface area (Å²) in [4.78, 5) is 11.1. The molecule has 1 atom stereocenters. The Morgan fingerprint density at radius 2 is 2.27 bits per heavy atom. The van der Waals surface area contributed by atoms with Crippen molar-refractivity contribution in [3.05, 3.63) is 12.2 Å². The summed E-state index contributed by atoms with van der Waals surface area (Å²) < 4.78 is 4.86. The minimum Gasteiger partial charge on any atom is -0.385 e. The van der Waals surface area contributed by atoms with Crippen molar-refractivity contribution in [2.24, 2.45) is 5.92 Å². The van der Waals surface area contributed by atoms with E-state index in [0.717, 1.165) is 6.42 Å². The Labute approximate surface area is 68.2 Å². The molecule has 0 aromatic heterocycles. The Bertz CT molecular complexity index is 138. The van der Waals surface area contributed by atoms with Crippen LogP contribution in [0.15, 0.2) is 12.2 Å². The number of carbonyl (C=O) groups is 1. The van der Waals surface area contributed by atoms with Gasteiger partial charge in [0.05, 0.1) is 0 Å². The summed E-state index contributed by atoms with van der Waals surface area (Å²) in [5.41, 5.74) is 0. The fourth-order valence-electron chi connectivity index (χ4n) is 0.765. The average molecular weight is 156 g/mol. The van der Waals surface area contributed by atoms with Gasteiger partial charge in [0.15, 0.2) is 5.78 Å². The molecule has 0 spiro atoms. The molecule has 0 aliphatic carbocycles. The van der Waals surface area contributed by atoms with Crippen LogP contribution in [-0.2, 0) is 9.53 Å². The van der Waals surface area contributed by atoms with Crippen molar-refractivity contribution >= 4 is 5.78 Å². The molecule has 64 valence electrons. The van der Waals surface area contributed by atoms with Gasteiger partial charge in [0.25, 0.3) is 0 Å². The maximum Gasteiger partial charge on any atom is 0.158 e. The zero-order chi connectivity index (χ0) is 8.69. The number of rotatable bonds is 5. The zero-order valence-electron chi connectivity index (χ0n) is 7.46.